The second-order valence-corrected chi connectivity index (χ2v) is 6.62. The van der Waals surface area contributed by atoms with Gasteiger partial charge in [-0.05, 0) is 5.92 Å². The Hall–Kier alpha value is 0. The highest BCUT2D eigenvalue weighted by molar-refractivity contribution is 4.61. The summed E-state index contributed by atoms with van der Waals surface area (Å²) in [4.78, 5) is 0. The molecule has 0 aromatic heterocycles. The molecule has 1 atom stereocenters. The van der Waals surface area contributed by atoms with Crippen molar-refractivity contribution in [3.05, 3.63) is 6.92 Å². The van der Waals surface area contributed by atoms with E-state index in [1.807, 2.05) is 0 Å². The molecular formula is C20H41. The number of unbranched alkanes of at least 4 members (excludes halogenated alkanes) is 10. The van der Waals surface area contributed by atoms with Gasteiger partial charge in [0.15, 0.2) is 0 Å². The van der Waals surface area contributed by atoms with Crippen LogP contribution in [0.1, 0.15) is 117 Å². The molecular weight excluding hydrogens is 240 g/mol. The van der Waals surface area contributed by atoms with Crippen LogP contribution in [-0.2, 0) is 0 Å². The van der Waals surface area contributed by atoms with E-state index in [1.165, 1.54) is 96.3 Å². The zero-order valence-corrected chi connectivity index (χ0v) is 14.6. The fraction of sp³-hybridized carbons (Fsp3) is 0.950. The highest BCUT2D eigenvalue weighted by Gasteiger charge is 2.06. The Kier molecular flexibility index (Phi) is 17.1. The van der Waals surface area contributed by atoms with E-state index < -0.39 is 0 Å². The molecule has 0 heteroatoms. The van der Waals surface area contributed by atoms with E-state index in [1.54, 1.807) is 0 Å². The Morgan fingerprint density at radius 2 is 1.00 bits per heavy atom. The molecule has 0 aromatic rings. The van der Waals surface area contributed by atoms with E-state index in [9.17, 15) is 0 Å². The first kappa shape index (κ1) is 20.0. The largest absolute Gasteiger partial charge is 0.0654 e. The van der Waals surface area contributed by atoms with Crippen molar-refractivity contribution in [1.82, 2.24) is 0 Å². The van der Waals surface area contributed by atoms with Gasteiger partial charge in [-0.1, -0.05) is 124 Å². The summed E-state index contributed by atoms with van der Waals surface area (Å²) in [6, 6.07) is 0. The quantitative estimate of drug-likeness (QED) is 0.254. The lowest BCUT2D eigenvalue weighted by molar-refractivity contribution is 0.388. The molecule has 0 fully saturated rings. The maximum Gasteiger partial charge on any atom is -0.0414 e. The highest BCUT2D eigenvalue weighted by Crippen LogP contribution is 2.22. The van der Waals surface area contributed by atoms with Gasteiger partial charge in [0.05, 0.1) is 0 Å². The molecule has 0 aliphatic rings. The minimum absolute atomic E-state index is 0.974. The Morgan fingerprint density at radius 3 is 1.50 bits per heavy atom. The molecule has 0 saturated heterocycles. The Morgan fingerprint density at radius 1 is 0.550 bits per heavy atom. The number of hydrogen-bond donors (Lipinski definition) is 0. The van der Waals surface area contributed by atoms with Crippen molar-refractivity contribution in [3.8, 4) is 0 Å². The van der Waals surface area contributed by atoms with Gasteiger partial charge >= 0.3 is 0 Å². The summed E-state index contributed by atoms with van der Waals surface area (Å²) >= 11 is 0. The van der Waals surface area contributed by atoms with Gasteiger partial charge in [-0.2, -0.15) is 0 Å². The van der Waals surface area contributed by atoms with E-state index in [0.29, 0.717) is 0 Å². The lowest BCUT2D eigenvalue weighted by Gasteiger charge is -2.15. The Labute approximate surface area is 130 Å². The first-order valence-corrected chi connectivity index (χ1v) is 9.64. The molecule has 121 valence electrons. The standard InChI is InChI=1S/C20H41/c1-4-7-9-10-11-12-13-14-15-16-19-20(17-6-3)18-8-5-2/h20H,3-19H2,1-2H3. The van der Waals surface area contributed by atoms with Crippen molar-refractivity contribution in [3.63, 3.8) is 0 Å². The van der Waals surface area contributed by atoms with Crippen molar-refractivity contribution in [2.24, 2.45) is 5.92 Å². The molecule has 0 aliphatic carbocycles. The molecule has 0 rings (SSSR count). The smallest absolute Gasteiger partial charge is 0.0414 e. The zero-order valence-electron chi connectivity index (χ0n) is 14.6. The maximum absolute atomic E-state index is 4.03. The lowest BCUT2D eigenvalue weighted by Crippen LogP contribution is -2.00. The van der Waals surface area contributed by atoms with Crippen LogP contribution in [-0.4, -0.2) is 0 Å². The van der Waals surface area contributed by atoms with Crippen LogP contribution < -0.4 is 0 Å². The van der Waals surface area contributed by atoms with Crippen LogP contribution in [0.25, 0.3) is 0 Å². The number of rotatable bonds is 16. The third kappa shape index (κ3) is 14.4. The van der Waals surface area contributed by atoms with Crippen LogP contribution >= 0.6 is 0 Å². The van der Waals surface area contributed by atoms with Gasteiger partial charge in [0, 0.05) is 0 Å². The van der Waals surface area contributed by atoms with Crippen LogP contribution in [0.15, 0.2) is 0 Å². The normalized spacial score (nSPS) is 12.8. The zero-order chi connectivity index (χ0) is 14.9. The minimum Gasteiger partial charge on any atom is -0.0654 e. The van der Waals surface area contributed by atoms with Crippen molar-refractivity contribution in [1.29, 1.82) is 0 Å². The Balaban J connectivity index is 3.27. The second kappa shape index (κ2) is 17.1. The minimum atomic E-state index is 0.974. The maximum atomic E-state index is 4.03. The van der Waals surface area contributed by atoms with Gasteiger partial charge in [-0.15, -0.1) is 0 Å². The van der Waals surface area contributed by atoms with Crippen molar-refractivity contribution >= 4 is 0 Å². The third-order valence-electron chi connectivity index (χ3n) is 4.54. The van der Waals surface area contributed by atoms with E-state index in [0.717, 1.165) is 12.3 Å². The molecule has 0 heterocycles. The molecule has 0 nitrogen and oxygen atoms in total. The summed E-state index contributed by atoms with van der Waals surface area (Å²) in [7, 11) is 0. The van der Waals surface area contributed by atoms with E-state index >= 15 is 0 Å². The topological polar surface area (TPSA) is 0 Å². The summed E-state index contributed by atoms with van der Waals surface area (Å²) in [6.45, 7) is 8.63. The van der Waals surface area contributed by atoms with Crippen LogP contribution in [0.3, 0.4) is 0 Å². The van der Waals surface area contributed by atoms with Gasteiger partial charge in [0.25, 0.3) is 0 Å². The average Bonchev–Trinajstić information content (AvgIpc) is 2.46. The van der Waals surface area contributed by atoms with Crippen LogP contribution in [0.5, 0.6) is 0 Å². The summed E-state index contributed by atoms with van der Waals surface area (Å²) < 4.78 is 0. The molecule has 1 unspecified atom stereocenters. The molecule has 0 amide bonds. The summed E-state index contributed by atoms with van der Waals surface area (Å²) in [5, 5.41) is 0. The highest BCUT2D eigenvalue weighted by atomic mass is 14.1. The third-order valence-corrected chi connectivity index (χ3v) is 4.54. The van der Waals surface area contributed by atoms with Crippen molar-refractivity contribution < 1.29 is 0 Å². The van der Waals surface area contributed by atoms with Gasteiger partial charge < -0.3 is 0 Å². The van der Waals surface area contributed by atoms with Gasteiger partial charge in [-0.3, -0.25) is 0 Å². The molecule has 0 N–H and O–H groups in total. The molecule has 0 aliphatic heterocycles. The Bertz CT molecular complexity index is 161. The predicted molar refractivity (Wildman–Crippen MR) is 94.1 cm³/mol. The molecule has 0 bridgehead atoms. The molecule has 1 radical (unpaired) electrons. The van der Waals surface area contributed by atoms with E-state index in [2.05, 4.69) is 20.8 Å². The van der Waals surface area contributed by atoms with Crippen molar-refractivity contribution in [2.75, 3.05) is 0 Å². The van der Waals surface area contributed by atoms with Gasteiger partial charge in [0.2, 0.25) is 0 Å². The second-order valence-electron chi connectivity index (χ2n) is 6.62. The summed E-state index contributed by atoms with van der Waals surface area (Å²) in [6.07, 6.45) is 22.7. The monoisotopic (exact) mass is 281 g/mol. The van der Waals surface area contributed by atoms with Crippen molar-refractivity contribution in [2.45, 2.75) is 117 Å². The van der Waals surface area contributed by atoms with Crippen LogP contribution in [0.2, 0.25) is 0 Å². The SMILES string of the molecule is [CH2]CCC(CCCC)CCCCCCCCCCCC. The summed E-state index contributed by atoms with van der Waals surface area (Å²) in [5.41, 5.74) is 0. The molecule has 20 heavy (non-hydrogen) atoms. The van der Waals surface area contributed by atoms with Crippen LogP contribution in [0, 0.1) is 12.8 Å². The molecule has 0 saturated carbocycles. The fourth-order valence-electron chi connectivity index (χ4n) is 3.13. The van der Waals surface area contributed by atoms with Gasteiger partial charge in [0.1, 0.15) is 0 Å². The van der Waals surface area contributed by atoms with Gasteiger partial charge in [-0.25, -0.2) is 0 Å². The van der Waals surface area contributed by atoms with E-state index in [4.69, 9.17) is 0 Å². The molecule has 0 spiro atoms. The molecule has 0 aromatic carbocycles. The summed E-state index contributed by atoms with van der Waals surface area (Å²) in [5.74, 6) is 0.974. The first-order chi connectivity index (χ1) is 9.85. The lowest BCUT2D eigenvalue weighted by atomic mass is 9.91. The first-order valence-electron chi connectivity index (χ1n) is 9.64. The van der Waals surface area contributed by atoms with E-state index in [-0.39, 0.29) is 0 Å². The number of hydrogen-bond acceptors (Lipinski definition) is 0. The van der Waals surface area contributed by atoms with Crippen LogP contribution in [0.4, 0.5) is 0 Å². The predicted octanol–water partition coefficient (Wildman–Crippen LogP) is 7.72. The average molecular weight is 282 g/mol. The fourth-order valence-corrected chi connectivity index (χ4v) is 3.13.